The van der Waals surface area contributed by atoms with E-state index in [1.165, 1.54) is 28.6 Å². The highest BCUT2D eigenvalue weighted by Gasteiger charge is 2.31. The van der Waals surface area contributed by atoms with E-state index in [-0.39, 0.29) is 16.7 Å². The number of fused-ring (bicyclic) bond motifs is 1. The van der Waals surface area contributed by atoms with Crippen LogP contribution in [-0.4, -0.2) is 33.3 Å². The third-order valence-electron chi connectivity index (χ3n) is 7.54. The Hall–Kier alpha value is -4.17. The molecule has 0 unspecified atom stereocenters. The van der Waals surface area contributed by atoms with Crippen molar-refractivity contribution in [2.24, 2.45) is 0 Å². The minimum absolute atomic E-state index is 0.0133. The molecule has 1 N–H and O–H groups in total. The Morgan fingerprint density at radius 1 is 0.923 bits per heavy atom. The van der Waals surface area contributed by atoms with Crippen molar-refractivity contribution < 1.29 is 18.0 Å². The number of anilines is 3. The Morgan fingerprint density at radius 2 is 1.72 bits per heavy atom. The van der Waals surface area contributed by atoms with Crippen molar-refractivity contribution in [3.63, 3.8) is 0 Å². The summed E-state index contributed by atoms with van der Waals surface area (Å²) in [7, 11) is -3.76. The molecule has 8 heteroatoms. The molecular weight excluding hydrogens is 510 g/mol. The molecule has 6 rings (SSSR count). The van der Waals surface area contributed by atoms with Crippen molar-refractivity contribution in [2.75, 3.05) is 27.6 Å². The van der Waals surface area contributed by atoms with Crippen molar-refractivity contribution in [1.29, 1.82) is 0 Å². The Morgan fingerprint density at radius 3 is 2.51 bits per heavy atom. The van der Waals surface area contributed by atoms with E-state index in [9.17, 15) is 18.0 Å². The van der Waals surface area contributed by atoms with Crippen LogP contribution < -0.4 is 14.5 Å². The lowest BCUT2D eigenvalue weighted by Gasteiger charge is -2.30. The molecule has 2 aliphatic heterocycles. The Labute approximate surface area is 228 Å². The summed E-state index contributed by atoms with van der Waals surface area (Å²) < 4.78 is 28.4. The number of nitrogens with one attached hydrogen (secondary N) is 1. The van der Waals surface area contributed by atoms with Gasteiger partial charge in [-0.2, -0.15) is 0 Å². The van der Waals surface area contributed by atoms with Crippen molar-refractivity contribution in [3.8, 4) is 0 Å². The molecule has 0 radical (unpaired) electrons. The molecule has 4 aromatic carbocycles. The molecule has 2 heterocycles. The molecule has 0 atom stereocenters. The quantitative estimate of drug-likeness (QED) is 0.312. The fourth-order valence-electron chi connectivity index (χ4n) is 5.54. The van der Waals surface area contributed by atoms with Crippen LogP contribution in [0, 0.1) is 0 Å². The molecule has 2 amide bonds. The number of rotatable bonds is 7. The maximum Gasteiger partial charge on any atom is 0.264 e. The summed E-state index contributed by atoms with van der Waals surface area (Å²) in [6.07, 6.45) is 3.51. The number of benzene rings is 4. The highest BCUT2D eigenvalue weighted by atomic mass is 32.2. The van der Waals surface area contributed by atoms with Crippen molar-refractivity contribution >= 4 is 49.7 Å². The minimum Gasteiger partial charge on any atom is -0.321 e. The molecule has 0 saturated carbocycles. The number of carbonyl (C=O) groups is 2. The van der Waals surface area contributed by atoms with Crippen molar-refractivity contribution in [1.82, 2.24) is 0 Å². The van der Waals surface area contributed by atoms with Gasteiger partial charge in [-0.3, -0.25) is 13.9 Å². The van der Waals surface area contributed by atoms with E-state index < -0.39 is 10.0 Å². The van der Waals surface area contributed by atoms with Gasteiger partial charge in [0, 0.05) is 40.7 Å². The summed E-state index contributed by atoms with van der Waals surface area (Å²) in [5.74, 6) is -0.365. The van der Waals surface area contributed by atoms with Gasteiger partial charge in [0.15, 0.2) is 0 Å². The van der Waals surface area contributed by atoms with Gasteiger partial charge in [-0.15, -0.1) is 0 Å². The van der Waals surface area contributed by atoms with Gasteiger partial charge < -0.3 is 10.2 Å². The molecule has 0 spiro atoms. The predicted molar refractivity (Wildman–Crippen MR) is 154 cm³/mol. The van der Waals surface area contributed by atoms with Crippen LogP contribution in [0.4, 0.5) is 17.1 Å². The van der Waals surface area contributed by atoms with E-state index >= 15 is 0 Å². The molecule has 0 aliphatic carbocycles. The largest absolute Gasteiger partial charge is 0.321 e. The summed E-state index contributed by atoms with van der Waals surface area (Å²) in [6.45, 7) is 3.17. The van der Waals surface area contributed by atoms with Crippen LogP contribution in [-0.2, 0) is 16.4 Å². The van der Waals surface area contributed by atoms with Crippen LogP contribution in [0.2, 0.25) is 0 Å². The first kappa shape index (κ1) is 25.1. The number of para-hydroxylation sites is 1. The first-order valence-electron chi connectivity index (χ1n) is 13.3. The van der Waals surface area contributed by atoms with Gasteiger partial charge in [0.05, 0.1) is 16.3 Å². The van der Waals surface area contributed by atoms with E-state index in [1.54, 1.807) is 0 Å². The zero-order valence-corrected chi connectivity index (χ0v) is 22.5. The normalized spacial score (nSPS) is 14.5. The van der Waals surface area contributed by atoms with E-state index in [2.05, 4.69) is 12.2 Å². The first-order valence-corrected chi connectivity index (χ1v) is 14.7. The SMILES string of the molecule is CCCCN1C(=O)c2cccc3c(NC(=O)c4ccc(S(=O)(=O)N5CCCc6ccccc65)cc4)ccc1c23. The number of sulfonamides is 1. The Balaban J connectivity index is 1.26. The average molecular weight is 540 g/mol. The smallest absolute Gasteiger partial charge is 0.264 e. The monoisotopic (exact) mass is 539 g/mol. The third kappa shape index (κ3) is 4.25. The maximum absolute atomic E-state index is 13.5. The second-order valence-corrected chi connectivity index (χ2v) is 11.8. The Bertz CT molecular complexity index is 1710. The molecule has 2 aliphatic rings. The van der Waals surface area contributed by atoms with E-state index in [0.717, 1.165) is 47.7 Å². The van der Waals surface area contributed by atoms with Gasteiger partial charge in [-0.05, 0) is 73.4 Å². The molecular formula is C31H29N3O4S. The van der Waals surface area contributed by atoms with Crippen LogP contribution in [0.5, 0.6) is 0 Å². The molecule has 4 aromatic rings. The molecule has 7 nitrogen and oxygen atoms in total. The second kappa shape index (κ2) is 9.85. The highest BCUT2D eigenvalue weighted by Crippen LogP contribution is 2.41. The summed E-state index contributed by atoms with van der Waals surface area (Å²) >= 11 is 0. The summed E-state index contributed by atoms with van der Waals surface area (Å²) in [5, 5.41) is 4.61. The lowest BCUT2D eigenvalue weighted by atomic mass is 10.0. The lowest BCUT2D eigenvalue weighted by Crippen LogP contribution is -2.35. The standard InChI is InChI=1S/C31H29N3O4S/c1-2-3-19-33-28-18-17-26(24-10-6-11-25(29(24)28)31(33)36)32-30(35)22-13-15-23(16-14-22)39(37,38)34-20-7-9-21-8-4-5-12-27(21)34/h4-6,8,10-18H,2-3,7,9,19-20H2,1H3,(H,32,35). The maximum atomic E-state index is 13.5. The number of hydrogen-bond acceptors (Lipinski definition) is 4. The lowest BCUT2D eigenvalue weighted by molar-refractivity contribution is 0.0991. The van der Waals surface area contributed by atoms with Crippen molar-refractivity contribution in [2.45, 2.75) is 37.5 Å². The zero-order valence-electron chi connectivity index (χ0n) is 21.7. The van der Waals surface area contributed by atoms with Gasteiger partial charge in [-0.1, -0.05) is 43.7 Å². The highest BCUT2D eigenvalue weighted by molar-refractivity contribution is 7.92. The third-order valence-corrected chi connectivity index (χ3v) is 9.37. The van der Waals surface area contributed by atoms with Gasteiger partial charge in [0.1, 0.15) is 0 Å². The van der Waals surface area contributed by atoms with E-state index in [0.29, 0.717) is 35.6 Å². The van der Waals surface area contributed by atoms with Crippen molar-refractivity contribution in [3.05, 3.63) is 95.6 Å². The van der Waals surface area contributed by atoms with Crippen LogP contribution >= 0.6 is 0 Å². The van der Waals surface area contributed by atoms with E-state index in [4.69, 9.17) is 0 Å². The van der Waals surface area contributed by atoms with E-state index in [1.807, 2.05) is 59.5 Å². The number of carbonyl (C=O) groups excluding carboxylic acids is 2. The Kier molecular flexibility index (Phi) is 6.35. The molecule has 0 bridgehead atoms. The van der Waals surface area contributed by atoms with Crippen LogP contribution in [0.25, 0.3) is 10.8 Å². The molecule has 0 fully saturated rings. The number of nitrogens with zero attached hydrogens (tertiary/aromatic N) is 2. The molecule has 0 aromatic heterocycles. The van der Waals surface area contributed by atoms with Gasteiger partial charge in [-0.25, -0.2) is 8.42 Å². The number of unbranched alkanes of at least 4 members (excludes halogenated alkanes) is 1. The number of hydrogen-bond donors (Lipinski definition) is 1. The average Bonchev–Trinajstić information content (AvgIpc) is 3.24. The predicted octanol–water partition coefficient (Wildman–Crippen LogP) is 5.99. The number of amides is 2. The van der Waals surface area contributed by atoms with Crippen LogP contribution in [0.15, 0.2) is 83.8 Å². The molecule has 39 heavy (non-hydrogen) atoms. The van der Waals surface area contributed by atoms with Crippen LogP contribution in [0.3, 0.4) is 0 Å². The van der Waals surface area contributed by atoms with Crippen LogP contribution in [0.1, 0.15) is 52.5 Å². The summed E-state index contributed by atoms with van der Waals surface area (Å²) in [6, 6.07) is 22.9. The summed E-state index contributed by atoms with van der Waals surface area (Å²) in [5.41, 5.74) is 4.19. The fraction of sp³-hybridized carbons (Fsp3) is 0.226. The molecule has 198 valence electrons. The first-order chi connectivity index (χ1) is 18.9. The minimum atomic E-state index is -3.76. The zero-order chi connectivity index (χ0) is 27.1. The topological polar surface area (TPSA) is 86.8 Å². The van der Waals surface area contributed by atoms with Gasteiger partial charge in [0.2, 0.25) is 0 Å². The fourth-order valence-corrected chi connectivity index (χ4v) is 7.08. The van der Waals surface area contributed by atoms with Gasteiger partial charge in [0.25, 0.3) is 21.8 Å². The number of aryl methyl sites for hydroxylation is 1. The summed E-state index contributed by atoms with van der Waals surface area (Å²) in [4.78, 5) is 28.2. The second-order valence-electron chi connectivity index (χ2n) is 9.96. The van der Waals surface area contributed by atoms with Gasteiger partial charge >= 0.3 is 0 Å². The molecule has 0 saturated heterocycles.